The second-order valence-electron chi connectivity index (χ2n) is 6.08. The van der Waals surface area contributed by atoms with E-state index in [4.69, 9.17) is 16.3 Å². The van der Waals surface area contributed by atoms with Gasteiger partial charge < -0.3 is 9.64 Å². The molecule has 2 aromatic heterocycles. The first-order valence-corrected chi connectivity index (χ1v) is 8.22. The van der Waals surface area contributed by atoms with Gasteiger partial charge in [-0.05, 0) is 26.0 Å². The predicted molar refractivity (Wildman–Crippen MR) is 87.9 cm³/mol. The van der Waals surface area contributed by atoms with Crippen LogP contribution in [0.1, 0.15) is 17.0 Å². The van der Waals surface area contributed by atoms with Gasteiger partial charge in [-0.3, -0.25) is 4.68 Å². The van der Waals surface area contributed by atoms with Crippen LogP contribution in [0.2, 0.25) is 5.02 Å². The molecule has 1 atom stereocenters. The lowest BCUT2D eigenvalue weighted by molar-refractivity contribution is -0.137. The highest BCUT2D eigenvalue weighted by atomic mass is 35.5. The van der Waals surface area contributed by atoms with Crippen molar-refractivity contribution in [3.8, 4) is 0 Å². The quantitative estimate of drug-likeness (QED) is 0.825. The molecule has 3 heterocycles. The molecule has 0 saturated carbocycles. The molecule has 0 amide bonds. The summed E-state index contributed by atoms with van der Waals surface area (Å²) in [5.41, 5.74) is 1.11. The van der Waals surface area contributed by atoms with Gasteiger partial charge in [0.1, 0.15) is 5.82 Å². The van der Waals surface area contributed by atoms with Gasteiger partial charge in [-0.15, -0.1) is 0 Å². The Morgan fingerprint density at radius 3 is 2.68 bits per heavy atom. The highest BCUT2D eigenvalue weighted by Gasteiger charge is 2.32. The molecule has 0 N–H and O–H groups in total. The van der Waals surface area contributed by atoms with Crippen molar-refractivity contribution < 1.29 is 17.9 Å². The number of pyridine rings is 1. The van der Waals surface area contributed by atoms with Crippen molar-refractivity contribution in [2.24, 2.45) is 0 Å². The van der Waals surface area contributed by atoms with E-state index in [0.717, 1.165) is 23.7 Å². The van der Waals surface area contributed by atoms with Crippen LogP contribution in [0.15, 0.2) is 18.3 Å². The minimum Gasteiger partial charge on any atom is -0.373 e. The van der Waals surface area contributed by atoms with E-state index in [2.05, 4.69) is 10.1 Å². The lowest BCUT2D eigenvalue weighted by Gasteiger charge is -2.34. The molecule has 9 heteroatoms. The maximum atomic E-state index is 12.7. The van der Waals surface area contributed by atoms with Crippen molar-refractivity contribution in [2.75, 3.05) is 24.6 Å². The van der Waals surface area contributed by atoms with Crippen LogP contribution in [0.4, 0.5) is 19.0 Å². The lowest BCUT2D eigenvalue weighted by atomic mass is 10.2. The molecule has 3 rings (SSSR count). The molecule has 0 aromatic carbocycles. The Balaban J connectivity index is 1.74. The van der Waals surface area contributed by atoms with Gasteiger partial charge in [0.05, 0.1) is 35.5 Å². The minimum absolute atomic E-state index is 0.0124. The molecule has 1 saturated heterocycles. The maximum Gasteiger partial charge on any atom is 0.417 e. The van der Waals surface area contributed by atoms with E-state index in [1.807, 2.05) is 29.5 Å². The van der Waals surface area contributed by atoms with E-state index in [1.165, 1.54) is 0 Å². The summed E-state index contributed by atoms with van der Waals surface area (Å²) in [6.07, 6.45) is -3.79. The summed E-state index contributed by atoms with van der Waals surface area (Å²) in [4.78, 5) is 5.78. The van der Waals surface area contributed by atoms with E-state index in [1.54, 1.807) is 0 Å². The van der Waals surface area contributed by atoms with Gasteiger partial charge in [0.2, 0.25) is 0 Å². The second-order valence-corrected chi connectivity index (χ2v) is 6.48. The Kier molecular flexibility index (Phi) is 4.92. The number of morpholine rings is 1. The van der Waals surface area contributed by atoms with Gasteiger partial charge in [-0.1, -0.05) is 11.6 Å². The number of alkyl halides is 3. The van der Waals surface area contributed by atoms with Crippen molar-refractivity contribution in [1.82, 2.24) is 14.8 Å². The number of hydrogen-bond donors (Lipinski definition) is 0. The lowest BCUT2D eigenvalue weighted by Crippen LogP contribution is -2.45. The number of rotatable bonds is 3. The molecular formula is C16H18ClF3N4O. The summed E-state index contributed by atoms with van der Waals surface area (Å²) in [6.45, 7) is 5.90. The highest BCUT2D eigenvalue weighted by molar-refractivity contribution is 6.33. The van der Waals surface area contributed by atoms with Crippen LogP contribution in [-0.2, 0) is 17.5 Å². The first-order valence-electron chi connectivity index (χ1n) is 7.84. The molecule has 1 aliphatic rings. The Morgan fingerprint density at radius 2 is 2.08 bits per heavy atom. The number of aromatic nitrogens is 3. The van der Waals surface area contributed by atoms with Crippen LogP contribution in [0.25, 0.3) is 0 Å². The zero-order valence-electron chi connectivity index (χ0n) is 13.8. The van der Waals surface area contributed by atoms with Crippen LogP contribution in [0.5, 0.6) is 0 Å². The Bertz CT molecular complexity index is 762. The fraction of sp³-hybridized carbons (Fsp3) is 0.500. The Hall–Kier alpha value is -1.80. The minimum atomic E-state index is -4.46. The standard InChI is InChI=1S/C16H18ClF3N4O/c1-10-5-11(2)24(22-10)9-13-8-23(3-4-25-13)15-14(17)6-12(7-21-15)16(18,19)20/h5-7,13H,3-4,8-9H2,1-2H3. The summed E-state index contributed by atoms with van der Waals surface area (Å²) in [5, 5.41) is 4.40. The van der Waals surface area contributed by atoms with Crippen LogP contribution >= 0.6 is 11.6 Å². The average Bonchev–Trinajstić information content (AvgIpc) is 2.84. The highest BCUT2D eigenvalue weighted by Crippen LogP contribution is 2.34. The maximum absolute atomic E-state index is 12.7. The fourth-order valence-corrected chi connectivity index (χ4v) is 3.18. The summed E-state index contributed by atoms with van der Waals surface area (Å²) in [6, 6.07) is 2.89. The fourth-order valence-electron chi connectivity index (χ4n) is 2.89. The van der Waals surface area contributed by atoms with Gasteiger partial charge in [0.25, 0.3) is 0 Å². The molecule has 136 valence electrons. The smallest absolute Gasteiger partial charge is 0.373 e. The van der Waals surface area contributed by atoms with E-state index in [0.29, 0.717) is 32.1 Å². The average molecular weight is 375 g/mol. The summed E-state index contributed by atoms with van der Waals surface area (Å²) < 4.78 is 45.9. The Labute approximate surface area is 148 Å². The van der Waals surface area contributed by atoms with Gasteiger partial charge in [0.15, 0.2) is 0 Å². The van der Waals surface area contributed by atoms with Crippen molar-refractivity contribution >= 4 is 17.4 Å². The zero-order valence-corrected chi connectivity index (χ0v) is 14.6. The SMILES string of the molecule is Cc1cc(C)n(CC2CN(c3ncc(C(F)(F)F)cc3Cl)CCO2)n1. The molecule has 0 aliphatic carbocycles. The number of ether oxygens (including phenoxy) is 1. The number of anilines is 1. The molecular weight excluding hydrogens is 357 g/mol. The monoisotopic (exact) mass is 374 g/mol. The van der Waals surface area contributed by atoms with Crippen molar-refractivity contribution in [2.45, 2.75) is 32.7 Å². The third-order valence-corrected chi connectivity index (χ3v) is 4.35. The van der Waals surface area contributed by atoms with Gasteiger partial charge in [-0.25, -0.2) is 4.98 Å². The van der Waals surface area contributed by atoms with E-state index in [-0.39, 0.29) is 11.1 Å². The molecule has 0 radical (unpaired) electrons. The van der Waals surface area contributed by atoms with E-state index < -0.39 is 11.7 Å². The first kappa shape index (κ1) is 18.0. The molecule has 0 bridgehead atoms. The van der Waals surface area contributed by atoms with Crippen LogP contribution < -0.4 is 4.90 Å². The van der Waals surface area contributed by atoms with Crippen LogP contribution in [0, 0.1) is 13.8 Å². The normalized spacial score (nSPS) is 18.6. The molecule has 25 heavy (non-hydrogen) atoms. The number of nitrogens with zero attached hydrogens (tertiary/aromatic N) is 4. The van der Waals surface area contributed by atoms with Gasteiger partial charge in [-0.2, -0.15) is 18.3 Å². The number of aryl methyl sites for hydroxylation is 2. The molecule has 1 unspecified atom stereocenters. The topological polar surface area (TPSA) is 43.2 Å². The summed E-state index contributed by atoms with van der Waals surface area (Å²) in [5.74, 6) is 0.344. The number of hydrogen-bond acceptors (Lipinski definition) is 4. The summed E-state index contributed by atoms with van der Waals surface area (Å²) in [7, 11) is 0. The summed E-state index contributed by atoms with van der Waals surface area (Å²) >= 11 is 6.04. The molecule has 0 spiro atoms. The first-order chi connectivity index (χ1) is 11.7. The third kappa shape index (κ3) is 4.07. The predicted octanol–water partition coefficient (Wildman–Crippen LogP) is 3.47. The Morgan fingerprint density at radius 1 is 1.32 bits per heavy atom. The largest absolute Gasteiger partial charge is 0.417 e. The van der Waals surface area contributed by atoms with Gasteiger partial charge >= 0.3 is 6.18 Å². The molecule has 5 nitrogen and oxygen atoms in total. The zero-order chi connectivity index (χ0) is 18.2. The van der Waals surface area contributed by atoms with Gasteiger partial charge in [0, 0.05) is 25.0 Å². The van der Waals surface area contributed by atoms with Crippen molar-refractivity contribution in [1.29, 1.82) is 0 Å². The van der Waals surface area contributed by atoms with Crippen LogP contribution in [-0.4, -0.2) is 40.6 Å². The van der Waals surface area contributed by atoms with E-state index >= 15 is 0 Å². The van der Waals surface area contributed by atoms with Crippen LogP contribution in [0.3, 0.4) is 0 Å². The molecule has 2 aromatic rings. The van der Waals surface area contributed by atoms with E-state index in [9.17, 15) is 13.2 Å². The second kappa shape index (κ2) is 6.84. The molecule has 1 fully saturated rings. The number of halogens is 4. The van der Waals surface area contributed by atoms with Crippen molar-refractivity contribution in [3.63, 3.8) is 0 Å². The van der Waals surface area contributed by atoms with Crippen molar-refractivity contribution in [3.05, 3.63) is 40.3 Å². The molecule has 1 aliphatic heterocycles. The third-order valence-electron chi connectivity index (χ3n) is 4.07.